The number of nitrogens with zero attached hydrogens (tertiary/aromatic N) is 1. The number of furan rings is 1. The summed E-state index contributed by atoms with van der Waals surface area (Å²) in [6.45, 7) is 2.47. The number of hydrogen-bond donors (Lipinski definition) is 1. The maximum atomic E-state index is 12.4. The first-order valence-electron chi connectivity index (χ1n) is 7.91. The Morgan fingerprint density at radius 3 is 2.58 bits per heavy atom. The molecule has 1 aliphatic heterocycles. The molecule has 1 aromatic heterocycles. The topological polar surface area (TPSA) is 79.6 Å². The van der Waals surface area contributed by atoms with Gasteiger partial charge >= 0.3 is 0 Å². The molecular formula is C17H20N2O4S. The van der Waals surface area contributed by atoms with Gasteiger partial charge in [0.1, 0.15) is 5.76 Å². The fourth-order valence-electron chi connectivity index (χ4n) is 2.83. The van der Waals surface area contributed by atoms with E-state index < -0.39 is 10.0 Å². The lowest BCUT2D eigenvalue weighted by Gasteiger charge is -2.17. The molecule has 3 rings (SSSR count). The summed E-state index contributed by atoms with van der Waals surface area (Å²) in [6, 6.07) is 9.71. The molecule has 6 nitrogen and oxygen atoms in total. The summed E-state index contributed by atoms with van der Waals surface area (Å²) in [6.07, 6.45) is 3.43. The summed E-state index contributed by atoms with van der Waals surface area (Å²) < 4.78 is 32.8. The van der Waals surface area contributed by atoms with E-state index in [1.165, 1.54) is 12.1 Å². The predicted octanol–water partition coefficient (Wildman–Crippen LogP) is 2.32. The molecule has 1 atom stereocenters. The van der Waals surface area contributed by atoms with Gasteiger partial charge in [0, 0.05) is 31.1 Å². The lowest BCUT2D eigenvalue weighted by Crippen LogP contribution is -2.34. The number of sulfonamides is 1. The van der Waals surface area contributed by atoms with Crippen molar-refractivity contribution in [2.24, 2.45) is 0 Å². The number of nitrogens with one attached hydrogen (secondary N) is 1. The molecule has 1 saturated heterocycles. The zero-order valence-electron chi connectivity index (χ0n) is 13.4. The van der Waals surface area contributed by atoms with Gasteiger partial charge in [-0.05, 0) is 49.7 Å². The molecule has 0 bridgehead atoms. The maximum Gasteiger partial charge on any atom is 0.240 e. The van der Waals surface area contributed by atoms with Gasteiger partial charge < -0.3 is 9.32 Å². The monoisotopic (exact) mass is 348 g/mol. The number of rotatable bonds is 6. The van der Waals surface area contributed by atoms with Crippen LogP contribution in [0.5, 0.6) is 0 Å². The number of hydrogen-bond acceptors (Lipinski definition) is 4. The SMILES string of the molecule is C[C@H](Cc1ccco1)NS(=O)(=O)c1ccc(N2CCCC2=O)cc1. The smallest absolute Gasteiger partial charge is 0.240 e. The molecule has 1 N–H and O–H groups in total. The highest BCUT2D eigenvalue weighted by Gasteiger charge is 2.23. The molecule has 1 fully saturated rings. The van der Waals surface area contributed by atoms with Gasteiger partial charge in [-0.15, -0.1) is 0 Å². The second kappa shape index (κ2) is 6.78. The van der Waals surface area contributed by atoms with Gasteiger partial charge in [-0.3, -0.25) is 4.79 Å². The first-order chi connectivity index (χ1) is 11.5. The largest absolute Gasteiger partial charge is 0.469 e. The van der Waals surface area contributed by atoms with Crippen molar-refractivity contribution in [2.45, 2.75) is 37.1 Å². The van der Waals surface area contributed by atoms with Crippen LogP contribution >= 0.6 is 0 Å². The van der Waals surface area contributed by atoms with Crippen LogP contribution in [0.3, 0.4) is 0 Å². The summed E-state index contributed by atoms with van der Waals surface area (Å²) in [4.78, 5) is 13.6. The van der Waals surface area contributed by atoms with E-state index in [4.69, 9.17) is 4.42 Å². The normalized spacial score (nSPS) is 16.5. The van der Waals surface area contributed by atoms with Gasteiger partial charge in [-0.25, -0.2) is 13.1 Å². The lowest BCUT2D eigenvalue weighted by molar-refractivity contribution is -0.117. The fraction of sp³-hybridized carbons (Fsp3) is 0.353. The van der Waals surface area contributed by atoms with Crippen molar-refractivity contribution in [3.63, 3.8) is 0 Å². The summed E-state index contributed by atoms with van der Waals surface area (Å²) in [7, 11) is -3.61. The number of amides is 1. The highest BCUT2D eigenvalue weighted by molar-refractivity contribution is 7.89. The summed E-state index contributed by atoms with van der Waals surface area (Å²) in [5, 5.41) is 0. The Morgan fingerprint density at radius 1 is 1.25 bits per heavy atom. The number of carbonyl (C=O) groups excluding carboxylic acids is 1. The van der Waals surface area contributed by atoms with E-state index in [1.807, 2.05) is 6.07 Å². The first-order valence-corrected chi connectivity index (χ1v) is 9.39. The summed E-state index contributed by atoms with van der Waals surface area (Å²) in [5.41, 5.74) is 0.736. The van der Waals surface area contributed by atoms with E-state index in [1.54, 1.807) is 36.3 Å². The van der Waals surface area contributed by atoms with E-state index in [9.17, 15) is 13.2 Å². The number of carbonyl (C=O) groups is 1. The summed E-state index contributed by atoms with van der Waals surface area (Å²) >= 11 is 0. The fourth-order valence-corrected chi connectivity index (χ4v) is 4.07. The quantitative estimate of drug-likeness (QED) is 0.869. The van der Waals surface area contributed by atoms with Gasteiger partial charge in [0.15, 0.2) is 0 Å². The molecule has 24 heavy (non-hydrogen) atoms. The van der Waals surface area contributed by atoms with Crippen LogP contribution in [-0.4, -0.2) is 26.9 Å². The predicted molar refractivity (Wildman–Crippen MR) is 90.2 cm³/mol. The highest BCUT2D eigenvalue weighted by Crippen LogP contribution is 2.23. The van der Waals surface area contributed by atoms with E-state index >= 15 is 0 Å². The Balaban J connectivity index is 1.69. The van der Waals surface area contributed by atoms with E-state index in [2.05, 4.69) is 4.72 Å². The van der Waals surface area contributed by atoms with Crippen LogP contribution in [0.15, 0.2) is 52.0 Å². The van der Waals surface area contributed by atoms with Crippen LogP contribution in [0.2, 0.25) is 0 Å². The number of benzene rings is 1. The van der Waals surface area contributed by atoms with E-state index in [0.29, 0.717) is 19.4 Å². The lowest BCUT2D eigenvalue weighted by atomic mass is 10.2. The Bertz CT molecular complexity index is 798. The van der Waals surface area contributed by atoms with Crippen LogP contribution in [0.4, 0.5) is 5.69 Å². The Kier molecular flexibility index (Phi) is 4.73. The van der Waals surface area contributed by atoms with Crippen molar-refractivity contribution < 1.29 is 17.6 Å². The van der Waals surface area contributed by atoms with E-state index in [-0.39, 0.29) is 16.8 Å². The molecule has 1 aliphatic rings. The first kappa shape index (κ1) is 16.7. The van der Waals surface area contributed by atoms with Crippen molar-refractivity contribution in [1.82, 2.24) is 4.72 Å². The van der Waals surface area contributed by atoms with Crippen molar-refractivity contribution in [3.8, 4) is 0 Å². The molecule has 0 unspecified atom stereocenters. The molecular weight excluding hydrogens is 328 g/mol. The average molecular weight is 348 g/mol. The average Bonchev–Trinajstić information content (AvgIpc) is 3.18. The second-order valence-corrected chi connectivity index (χ2v) is 7.66. The molecule has 0 saturated carbocycles. The van der Waals surface area contributed by atoms with Crippen LogP contribution in [-0.2, 0) is 21.2 Å². The minimum atomic E-state index is -3.61. The minimum absolute atomic E-state index is 0.0794. The van der Waals surface area contributed by atoms with Crippen molar-refractivity contribution in [3.05, 3.63) is 48.4 Å². The van der Waals surface area contributed by atoms with Gasteiger partial charge in [-0.2, -0.15) is 0 Å². The van der Waals surface area contributed by atoms with Crippen LogP contribution < -0.4 is 9.62 Å². The third kappa shape index (κ3) is 3.68. The Labute approximate surface area is 141 Å². The van der Waals surface area contributed by atoms with Gasteiger partial charge in [0.25, 0.3) is 0 Å². The Morgan fingerprint density at radius 2 is 2.00 bits per heavy atom. The van der Waals surface area contributed by atoms with Crippen LogP contribution in [0, 0.1) is 0 Å². The molecule has 0 spiro atoms. The maximum absolute atomic E-state index is 12.4. The Hall–Kier alpha value is -2.12. The molecule has 1 amide bonds. The van der Waals surface area contributed by atoms with Crippen molar-refractivity contribution >= 4 is 21.6 Å². The van der Waals surface area contributed by atoms with Crippen molar-refractivity contribution in [2.75, 3.05) is 11.4 Å². The van der Waals surface area contributed by atoms with Gasteiger partial charge in [0.2, 0.25) is 15.9 Å². The van der Waals surface area contributed by atoms with E-state index in [0.717, 1.165) is 17.9 Å². The molecule has 1 aromatic carbocycles. The number of anilines is 1. The van der Waals surface area contributed by atoms with Crippen molar-refractivity contribution in [1.29, 1.82) is 0 Å². The molecule has 128 valence electrons. The second-order valence-electron chi connectivity index (χ2n) is 5.95. The minimum Gasteiger partial charge on any atom is -0.469 e. The van der Waals surface area contributed by atoms with Gasteiger partial charge in [0.05, 0.1) is 11.2 Å². The van der Waals surface area contributed by atoms with Crippen LogP contribution in [0.1, 0.15) is 25.5 Å². The molecule has 0 aliphatic carbocycles. The third-order valence-corrected chi connectivity index (χ3v) is 5.58. The molecule has 7 heteroatoms. The zero-order chi connectivity index (χ0) is 17.2. The summed E-state index contributed by atoms with van der Waals surface area (Å²) in [5.74, 6) is 0.809. The highest BCUT2D eigenvalue weighted by atomic mass is 32.2. The van der Waals surface area contributed by atoms with Gasteiger partial charge in [-0.1, -0.05) is 0 Å². The molecule has 2 heterocycles. The molecule has 0 radical (unpaired) electrons. The molecule has 2 aromatic rings. The zero-order valence-corrected chi connectivity index (χ0v) is 14.3. The third-order valence-electron chi connectivity index (χ3n) is 3.98. The standard InChI is InChI=1S/C17H20N2O4S/c1-13(12-15-4-3-11-23-15)18-24(21,22)16-8-6-14(7-9-16)19-10-2-5-17(19)20/h3-4,6-9,11,13,18H,2,5,10,12H2,1H3/t13-/m1/s1. The van der Waals surface area contributed by atoms with Crippen LogP contribution in [0.25, 0.3) is 0 Å².